The molecule has 0 saturated carbocycles. The first-order valence-electron chi connectivity index (χ1n) is 9.22. The van der Waals surface area contributed by atoms with Crippen molar-refractivity contribution in [1.29, 1.82) is 0 Å². The summed E-state index contributed by atoms with van der Waals surface area (Å²) in [6.45, 7) is 2.11. The van der Waals surface area contributed by atoms with E-state index in [1.165, 1.54) is 6.92 Å². The highest BCUT2D eigenvalue weighted by Crippen LogP contribution is 2.21. The molecular weight excluding hydrogens is 368 g/mol. The number of anilines is 1. The molecule has 0 unspecified atom stereocenters. The fourth-order valence-corrected chi connectivity index (χ4v) is 2.60. The third-order valence-electron chi connectivity index (χ3n) is 3.91. The Hall–Kier alpha value is -3.80. The lowest BCUT2D eigenvalue weighted by atomic mass is 10.2. The molecule has 0 saturated heterocycles. The predicted octanol–water partition coefficient (Wildman–Crippen LogP) is 4.25. The van der Waals surface area contributed by atoms with Gasteiger partial charge in [0.2, 0.25) is 5.91 Å². The van der Waals surface area contributed by atoms with Gasteiger partial charge in [-0.3, -0.25) is 9.59 Å². The molecule has 29 heavy (non-hydrogen) atoms. The average Bonchev–Trinajstić information content (AvgIpc) is 2.72. The maximum Gasteiger partial charge on any atom is 0.251 e. The van der Waals surface area contributed by atoms with Crippen LogP contribution in [0.3, 0.4) is 0 Å². The van der Waals surface area contributed by atoms with Crippen LogP contribution in [0.25, 0.3) is 0 Å². The van der Waals surface area contributed by atoms with Crippen LogP contribution in [-0.2, 0) is 4.79 Å². The van der Waals surface area contributed by atoms with E-state index in [1.807, 2.05) is 30.3 Å². The number of hydrogen-bond donors (Lipinski definition) is 2. The van der Waals surface area contributed by atoms with Crippen LogP contribution in [-0.4, -0.2) is 25.0 Å². The van der Waals surface area contributed by atoms with Crippen LogP contribution in [0.2, 0.25) is 0 Å². The summed E-state index contributed by atoms with van der Waals surface area (Å²) in [5.41, 5.74) is 1.20. The average molecular weight is 390 g/mol. The number of amides is 2. The molecule has 0 bridgehead atoms. The van der Waals surface area contributed by atoms with Gasteiger partial charge < -0.3 is 20.1 Å². The highest BCUT2D eigenvalue weighted by molar-refractivity contribution is 5.94. The summed E-state index contributed by atoms with van der Waals surface area (Å²) in [5, 5.41) is 5.51. The lowest BCUT2D eigenvalue weighted by Gasteiger charge is -2.10. The van der Waals surface area contributed by atoms with Crippen LogP contribution >= 0.6 is 0 Å². The van der Waals surface area contributed by atoms with Crippen molar-refractivity contribution in [3.63, 3.8) is 0 Å². The first-order chi connectivity index (χ1) is 14.1. The third-order valence-corrected chi connectivity index (χ3v) is 3.91. The molecule has 2 N–H and O–H groups in total. The minimum Gasteiger partial charge on any atom is -0.492 e. The maximum atomic E-state index is 12.2. The summed E-state index contributed by atoms with van der Waals surface area (Å²) in [7, 11) is 0. The zero-order valence-corrected chi connectivity index (χ0v) is 16.1. The molecule has 0 aromatic heterocycles. The minimum atomic E-state index is -0.188. The monoisotopic (exact) mass is 390 g/mol. The summed E-state index contributed by atoms with van der Waals surface area (Å²) >= 11 is 0. The topological polar surface area (TPSA) is 76.7 Å². The maximum absolute atomic E-state index is 12.2. The van der Waals surface area contributed by atoms with Gasteiger partial charge in [-0.15, -0.1) is 0 Å². The summed E-state index contributed by atoms with van der Waals surface area (Å²) in [4.78, 5) is 23.3. The highest BCUT2D eigenvalue weighted by Gasteiger charge is 2.06. The normalized spacial score (nSPS) is 10.1. The molecule has 3 aromatic carbocycles. The Kier molecular flexibility index (Phi) is 6.84. The second kappa shape index (κ2) is 9.94. The smallest absolute Gasteiger partial charge is 0.251 e. The van der Waals surface area contributed by atoms with E-state index in [-0.39, 0.29) is 11.8 Å². The van der Waals surface area contributed by atoms with Gasteiger partial charge in [0.1, 0.15) is 23.9 Å². The first-order valence-corrected chi connectivity index (χ1v) is 9.22. The summed E-state index contributed by atoms with van der Waals surface area (Å²) < 4.78 is 11.3. The Morgan fingerprint density at radius 3 is 2.24 bits per heavy atom. The van der Waals surface area contributed by atoms with Crippen LogP contribution in [0.5, 0.6) is 17.2 Å². The van der Waals surface area contributed by atoms with Crippen molar-refractivity contribution < 1.29 is 19.1 Å². The number of nitrogens with one attached hydrogen (secondary N) is 2. The summed E-state index contributed by atoms with van der Waals surface area (Å²) in [6, 6.07) is 23.5. The zero-order chi connectivity index (χ0) is 20.5. The Morgan fingerprint density at radius 1 is 0.828 bits per heavy atom. The van der Waals surface area contributed by atoms with Crippen molar-refractivity contribution in [1.82, 2.24) is 5.32 Å². The Balaban J connectivity index is 1.44. The Labute approximate surface area is 169 Å². The minimum absolute atomic E-state index is 0.144. The van der Waals surface area contributed by atoms with Crippen molar-refractivity contribution in [3.8, 4) is 17.2 Å². The molecule has 6 nitrogen and oxygen atoms in total. The van der Waals surface area contributed by atoms with E-state index in [9.17, 15) is 9.59 Å². The molecule has 0 aliphatic rings. The van der Waals surface area contributed by atoms with E-state index in [0.29, 0.717) is 35.9 Å². The number of hydrogen-bond acceptors (Lipinski definition) is 4. The number of carbonyl (C=O) groups is 2. The lowest BCUT2D eigenvalue weighted by molar-refractivity contribution is -0.114. The SMILES string of the molecule is CC(=O)Nc1cccc(OCCNC(=O)c2ccc(Oc3ccccc3)cc2)c1. The predicted molar refractivity (Wildman–Crippen MR) is 112 cm³/mol. The van der Waals surface area contributed by atoms with Gasteiger partial charge in [-0.05, 0) is 48.5 Å². The lowest BCUT2D eigenvalue weighted by Crippen LogP contribution is -2.28. The van der Waals surface area contributed by atoms with Crippen molar-refractivity contribution in [3.05, 3.63) is 84.4 Å². The molecule has 0 heterocycles. The summed E-state index contributed by atoms with van der Waals surface area (Å²) in [5.74, 6) is 1.69. The molecule has 3 aromatic rings. The fraction of sp³-hybridized carbons (Fsp3) is 0.130. The Bertz CT molecular complexity index is 956. The zero-order valence-electron chi connectivity index (χ0n) is 16.1. The van der Waals surface area contributed by atoms with Crippen molar-refractivity contribution in [2.75, 3.05) is 18.5 Å². The summed E-state index contributed by atoms with van der Waals surface area (Å²) in [6.07, 6.45) is 0. The largest absolute Gasteiger partial charge is 0.492 e. The second-order valence-electron chi connectivity index (χ2n) is 6.25. The number of para-hydroxylation sites is 1. The molecule has 0 atom stereocenters. The number of carbonyl (C=O) groups excluding carboxylic acids is 2. The fourth-order valence-electron chi connectivity index (χ4n) is 2.60. The molecule has 0 spiro atoms. The van der Waals surface area contributed by atoms with Crippen LogP contribution in [0, 0.1) is 0 Å². The highest BCUT2D eigenvalue weighted by atomic mass is 16.5. The third kappa shape index (κ3) is 6.39. The van der Waals surface area contributed by atoms with Gasteiger partial charge in [0.05, 0.1) is 6.54 Å². The van der Waals surface area contributed by atoms with E-state index >= 15 is 0 Å². The van der Waals surface area contributed by atoms with E-state index < -0.39 is 0 Å². The van der Waals surface area contributed by atoms with Gasteiger partial charge in [0.15, 0.2) is 0 Å². The molecule has 0 aliphatic heterocycles. The molecule has 0 fully saturated rings. The molecule has 148 valence electrons. The van der Waals surface area contributed by atoms with E-state index in [2.05, 4.69) is 10.6 Å². The Morgan fingerprint density at radius 2 is 1.52 bits per heavy atom. The van der Waals surface area contributed by atoms with Gasteiger partial charge >= 0.3 is 0 Å². The molecule has 0 radical (unpaired) electrons. The van der Waals surface area contributed by atoms with Crippen molar-refractivity contribution >= 4 is 17.5 Å². The molecule has 6 heteroatoms. The van der Waals surface area contributed by atoms with Crippen molar-refractivity contribution in [2.45, 2.75) is 6.92 Å². The van der Waals surface area contributed by atoms with E-state index in [4.69, 9.17) is 9.47 Å². The number of benzene rings is 3. The molecular formula is C23H22N2O4. The van der Waals surface area contributed by atoms with Gasteiger partial charge in [0, 0.05) is 24.2 Å². The van der Waals surface area contributed by atoms with Gasteiger partial charge in [-0.2, -0.15) is 0 Å². The van der Waals surface area contributed by atoms with Crippen LogP contribution in [0.15, 0.2) is 78.9 Å². The molecule has 2 amide bonds. The van der Waals surface area contributed by atoms with Crippen molar-refractivity contribution in [2.24, 2.45) is 0 Å². The number of ether oxygens (including phenoxy) is 2. The molecule has 3 rings (SSSR count). The molecule has 0 aliphatic carbocycles. The second-order valence-corrected chi connectivity index (χ2v) is 6.25. The number of rotatable bonds is 8. The first kappa shape index (κ1) is 19.9. The van der Waals surface area contributed by atoms with E-state index in [0.717, 1.165) is 5.75 Å². The quantitative estimate of drug-likeness (QED) is 0.564. The van der Waals surface area contributed by atoms with Crippen LogP contribution in [0.1, 0.15) is 17.3 Å². The van der Waals surface area contributed by atoms with E-state index in [1.54, 1.807) is 48.5 Å². The van der Waals surface area contributed by atoms with Gasteiger partial charge in [-0.25, -0.2) is 0 Å². The van der Waals surface area contributed by atoms with Crippen LogP contribution < -0.4 is 20.1 Å². The van der Waals surface area contributed by atoms with Gasteiger partial charge in [0.25, 0.3) is 5.91 Å². The van der Waals surface area contributed by atoms with Gasteiger partial charge in [-0.1, -0.05) is 24.3 Å². The standard InChI is InChI=1S/C23H22N2O4/c1-17(26)25-19-6-5-9-22(16-19)28-15-14-24-23(27)18-10-12-21(13-11-18)29-20-7-3-2-4-8-20/h2-13,16H,14-15H2,1H3,(H,24,27)(H,25,26). The van der Waals surface area contributed by atoms with Crippen LogP contribution in [0.4, 0.5) is 5.69 Å².